The van der Waals surface area contributed by atoms with Crippen LogP contribution in [-0.4, -0.2) is 5.91 Å². The first-order chi connectivity index (χ1) is 9.20. The van der Waals surface area contributed by atoms with Crippen LogP contribution in [0.2, 0.25) is 0 Å². The summed E-state index contributed by atoms with van der Waals surface area (Å²) < 4.78 is 0. The molecule has 2 aromatic rings. The number of nitrogens with two attached hydrogens (primary N) is 1. The molecule has 0 unspecified atom stereocenters. The van der Waals surface area contributed by atoms with Crippen LogP contribution < -0.4 is 11.1 Å². The quantitative estimate of drug-likeness (QED) is 0.663. The molecule has 2 rings (SSSR count). The van der Waals surface area contributed by atoms with Crippen LogP contribution in [0, 0.1) is 6.54 Å². The zero-order chi connectivity index (χ0) is 13.7. The molecule has 1 amide bonds. The smallest absolute Gasteiger partial charge is 0.224 e. The molecule has 20 heavy (non-hydrogen) atoms. The molecule has 0 spiro atoms. The van der Waals surface area contributed by atoms with Gasteiger partial charge in [0.25, 0.3) is 0 Å². The monoisotopic (exact) mass is 342 g/mol. The number of rotatable bonds is 4. The second-order valence-electron chi connectivity index (χ2n) is 4.35. The Kier molecular flexibility index (Phi) is 6.90. The molecule has 0 aliphatic carbocycles. The fourth-order valence-corrected chi connectivity index (χ4v) is 1.95. The number of amides is 1. The predicted octanol–water partition coefficient (Wildman–Crippen LogP) is 2.77. The third kappa shape index (κ3) is 4.43. The molecule has 0 saturated carbocycles. The Morgan fingerprint density at radius 2 is 1.85 bits per heavy atom. The van der Waals surface area contributed by atoms with Crippen LogP contribution in [0.1, 0.15) is 28.4 Å². The second-order valence-corrected chi connectivity index (χ2v) is 4.35. The van der Waals surface area contributed by atoms with Gasteiger partial charge in [0, 0.05) is 38.4 Å². The zero-order valence-corrected chi connectivity index (χ0v) is 14.3. The van der Waals surface area contributed by atoms with E-state index in [2.05, 4.69) is 17.4 Å². The molecule has 0 aromatic heterocycles. The summed E-state index contributed by atoms with van der Waals surface area (Å²) in [7, 11) is 0. The number of benzene rings is 2. The molecule has 3 nitrogen and oxygen atoms in total. The summed E-state index contributed by atoms with van der Waals surface area (Å²) in [5, 5.41) is 2.65. The summed E-state index contributed by atoms with van der Waals surface area (Å²) in [6, 6.07) is 15.7. The van der Waals surface area contributed by atoms with E-state index in [1.807, 2.05) is 30.3 Å². The van der Waals surface area contributed by atoms with Crippen LogP contribution in [-0.2, 0) is 39.1 Å². The molecule has 0 heterocycles. The summed E-state index contributed by atoms with van der Waals surface area (Å²) in [6.45, 7) is 3.37. The van der Waals surface area contributed by atoms with E-state index in [4.69, 9.17) is 5.73 Å². The fraction of sp³-hybridized carbons (Fsp3) is 0.125. The molecule has 2 aromatic carbocycles. The number of anilines is 1. The van der Waals surface area contributed by atoms with Crippen LogP contribution in [0.3, 0.4) is 0 Å². The van der Waals surface area contributed by atoms with Gasteiger partial charge in [0.2, 0.25) is 5.91 Å². The van der Waals surface area contributed by atoms with Crippen molar-refractivity contribution in [2.45, 2.75) is 13.3 Å². The Balaban J connectivity index is 0.00000200. The largest absolute Gasteiger partial charge is 0.502 e. The third-order valence-electron chi connectivity index (χ3n) is 2.89. The summed E-state index contributed by atoms with van der Waals surface area (Å²) in [5.41, 5.74) is 9.14. The van der Waals surface area contributed by atoms with Gasteiger partial charge in [0.15, 0.2) is 0 Å². The van der Waals surface area contributed by atoms with Crippen molar-refractivity contribution in [2.75, 3.05) is 5.73 Å². The normalized spacial score (nSPS) is 9.65. The van der Waals surface area contributed by atoms with Crippen LogP contribution in [0.5, 0.6) is 0 Å². The number of carbonyl (C=O) groups is 1. The molecule has 0 fully saturated rings. The standard InChI is InChI=1S/C16H17N2O.Y/c1-2-18-16(19)14-11-13(8-9-15(14)17)10-12-6-4-3-5-7-12;/h2-9,11H,10,17H2,1H3,(H,18,19);/q-1;. The first-order valence-corrected chi connectivity index (χ1v) is 6.21. The van der Waals surface area contributed by atoms with Gasteiger partial charge in [-0.3, -0.25) is 4.79 Å². The summed E-state index contributed by atoms with van der Waals surface area (Å²) in [6.07, 6.45) is 0.789. The average Bonchev–Trinajstić information content (AvgIpc) is 2.42. The van der Waals surface area contributed by atoms with E-state index in [9.17, 15) is 4.79 Å². The molecular formula is C16H17N2OY-. The minimum atomic E-state index is -0.171. The van der Waals surface area contributed by atoms with Gasteiger partial charge in [-0.25, -0.2) is 6.54 Å². The van der Waals surface area contributed by atoms with Gasteiger partial charge in [-0.15, -0.1) is 0 Å². The van der Waals surface area contributed by atoms with Crippen molar-refractivity contribution < 1.29 is 37.5 Å². The van der Waals surface area contributed by atoms with Crippen LogP contribution in [0.25, 0.3) is 0 Å². The first-order valence-electron chi connectivity index (χ1n) is 6.21. The van der Waals surface area contributed by atoms with E-state index in [1.54, 1.807) is 19.5 Å². The Hall–Kier alpha value is -1.19. The molecule has 4 heteroatoms. The second kappa shape index (κ2) is 8.18. The molecule has 101 valence electrons. The Labute approximate surface area is 144 Å². The number of nitrogen functional groups attached to an aromatic ring is 1. The van der Waals surface area contributed by atoms with E-state index in [0.717, 1.165) is 12.0 Å². The maximum absolute atomic E-state index is 11.8. The van der Waals surface area contributed by atoms with Crippen molar-refractivity contribution in [3.63, 3.8) is 0 Å². The van der Waals surface area contributed by atoms with Crippen molar-refractivity contribution in [3.05, 3.63) is 71.8 Å². The van der Waals surface area contributed by atoms with E-state index < -0.39 is 0 Å². The minimum absolute atomic E-state index is 0. The summed E-state index contributed by atoms with van der Waals surface area (Å²) in [4.78, 5) is 11.8. The van der Waals surface area contributed by atoms with Crippen LogP contribution in [0.4, 0.5) is 5.69 Å². The van der Waals surface area contributed by atoms with E-state index in [0.29, 0.717) is 11.3 Å². The Morgan fingerprint density at radius 3 is 2.50 bits per heavy atom. The molecular weight excluding hydrogens is 325 g/mol. The van der Waals surface area contributed by atoms with Crippen LogP contribution >= 0.6 is 0 Å². The Bertz CT molecular complexity index is 570. The molecule has 1 radical (unpaired) electrons. The number of hydrogen-bond donors (Lipinski definition) is 2. The van der Waals surface area contributed by atoms with Gasteiger partial charge in [-0.1, -0.05) is 36.4 Å². The molecule has 3 N–H and O–H groups in total. The SMILES string of the molecule is C[CH-]NC(=O)c1cc(Cc2ccccc2)ccc1N.[Y]. The first kappa shape index (κ1) is 16.9. The van der Waals surface area contributed by atoms with Gasteiger partial charge >= 0.3 is 0 Å². The van der Waals surface area contributed by atoms with E-state index in [-0.39, 0.29) is 38.6 Å². The predicted molar refractivity (Wildman–Crippen MR) is 77.5 cm³/mol. The number of hydrogen-bond acceptors (Lipinski definition) is 2. The molecule has 0 atom stereocenters. The summed E-state index contributed by atoms with van der Waals surface area (Å²) in [5.74, 6) is -0.171. The molecule has 0 aliphatic rings. The van der Waals surface area contributed by atoms with Crippen molar-refractivity contribution >= 4 is 11.6 Å². The van der Waals surface area contributed by atoms with Gasteiger partial charge in [-0.05, 0) is 29.7 Å². The Morgan fingerprint density at radius 1 is 1.15 bits per heavy atom. The van der Waals surface area contributed by atoms with Crippen molar-refractivity contribution in [3.8, 4) is 0 Å². The summed E-state index contributed by atoms with van der Waals surface area (Å²) >= 11 is 0. The maximum Gasteiger partial charge on any atom is 0.224 e. The fourth-order valence-electron chi connectivity index (χ4n) is 1.95. The minimum Gasteiger partial charge on any atom is -0.502 e. The van der Waals surface area contributed by atoms with E-state index >= 15 is 0 Å². The molecule has 0 saturated heterocycles. The number of nitrogens with one attached hydrogen (secondary N) is 1. The topological polar surface area (TPSA) is 55.1 Å². The van der Waals surface area contributed by atoms with Crippen molar-refractivity contribution in [2.24, 2.45) is 0 Å². The molecule has 0 bridgehead atoms. The van der Waals surface area contributed by atoms with Gasteiger partial charge in [-0.2, -0.15) is 6.92 Å². The third-order valence-corrected chi connectivity index (χ3v) is 2.89. The zero-order valence-electron chi connectivity index (χ0n) is 11.5. The van der Waals surface area contributed by atoms with Crippen LogP contribution in [0.15, 0.2) is 48.5 Å². The molecule has 0 aliphatic heterocycles. The van der Waals surface area contributed by atoms with Gasteiger partial charge in [0.05, 0.1) is 5.56 Å². The van der Waals surface area contributed by atoms with Crippen molar-refractivity contribution in [1.29, 1.82) is 0 Å². The number of carbonyl (C=O) groups excluding carboxylic acids is 1. The van der Waals surface area contributed by atoms with Crippen molar-refractivity contribution in [1.82, 2.24) is 5.32 Å². The average molecular weight is 342 g/mol. The van der Waals surface area contributed by atoms with E-state index in [1.165, 1.54) is 5.56 Å². The maximum atomic E-state index is 11.8. The van der Waals surface area contributed by atoms with Gasteiger partial charge < -0.3 is 11.1 Å². The van der Waals surface area contributed by atoms with Gasteiger partial charge in [0.1, 0.15) is 0 Å².